The van der Waals surface area contributed by atoms with E-state index in [9.17, 15) is 9.59 Å². The Morgan fingerprint density at radius 3 is 2.76 bits per heavy atom. The van der Waals surface area contributed by atoms with Crippen molar-refractivity contribution in [2.45, 2.75) is 33.2 Å². The van der Waals surface area contributed by atoms with Gasteiger partial charge >= 0.3 is 12.0 Å². The third-order valence-electron chi connectivity index (χ3n) is 4.28. The molecular formula is C19H23N3O3. The van der Waals surface area contributed by atoms with Crippen LogP contribution in [-0.4, -0.2) is 30.6 Å². The summed E-state index contributed by atoms with van der Waals surface area (Å²) in [4.78, 5) is 26.5. The number of methoxy groups -OCH3 is 1. The fraction of sp³-hybridized carbons (Fsp3) is 0.421. The number of ether oxygens (including phenoxy) is 1. The summed E-state index contributed by atoms with van der Waals surface area (Å²) in [7, 11) is 1.32. The van der Waals surface area contributed by atoms with Crippen LogP contribution in [0.25, 0.3) is 0 Å². The number of allylic oxidation sites excluding steroid dienone is 1. The largest absolute Gasteiger partial charge is 0.466 e. The van der Waals surface area contributed by atoms with Gasteiger partial charge in [-0.1, -0.05) is 26.0 Å². The number of hydrogen-bond donors (Lipinski definition) is 1. The molecule has 0 aliphatic carbocycles. The first-order valence-electron chi connectivity index (χ1n) is 8.26. The minimum absolute atomic E-state index is 0.252. The molecule has 0 aromatic heterocycles. The predicted octanol–water partition coefficient (Wildman–Crippen LogP) is 3.12. The number of nitrogens with one attached hydrogen (secondary N) is 1. The highest BCUT2D eigenvalue weighted by atomic mass is 16.5. The molecule has 1 aromatic carbocycles. The summed E-state index contributed by atoms with van der Waals surface area (Å²) in [5.74, 6) is -0.0494. The minimum atomic E-state index is -0.636. The Kier molecular flexibility index (Phi) is 5.81. The monoisotopic (exact) mass is 341 g/mol. The summed E-state index contributed by atoms with van der Waals surface area (Å²) in [6.07, 6.45) is 0.827. The zero-order valence-corrected chi connectivity index (χ0v) is 15.0. The molecule has 0 saturated carbocycles. The van der Waals surface area contributed by atoms with Crippen LogP contribution >= 0.6 is 0 Å². The second-order valence-electron chi connectivity index (χ2n) is 6.44. The van der Waals surface area contributed by atoms with Gasteiger partial charge in [-0.15, -0.1) is 0 Å². The Labute approximate surface area is 148 Å². The van der Waals surface area contributed by atoms with Gasteiger partial charge in [0.2, 0.25) is 0 Å². The topological polar surface area (TPSA) is 82.4 Å². The lowest BCUT2D eigenvalue weighted by Gasteiger charge is -2.35. The number of nitrogens with zero attached hydrogens (tertiary/aromatic N) is 2. The van der Waals surface area contributed by atoms with E-state index in [0.717, 1.165) is 6.42 Å². The van der Waals surface area contributed by atoms with E-state index >= 15 is 0 Å². The van der Waals surface area contributed by atoms with Gasteiger partial charge in [-0.2, -0.15) is 5.26 Å². The molecule has 0 spiro atoms. The van der Waals surface area contributed by atoms with Crippen molar-refractivity contribution in [3.8, 4) is 6.07 Å². The molecular weight excluding hydrogens is 318 g/mol. The highest BCUT2D eigenvalue weighted by Crippen LogP contribution is 2.31. The third-order valence-corrected chi connectivity index (χ3v) is 4.28. The molecule has 1 aromatic rings. The molecule has 25 heavy (non-hydrogen) atoms. The van der Waals surface area contributed by atoms with Crippen LogP contribution in [0, 0.1) is 17.2 Å². The summed E-state index contributed by atoms with van der Waals surface area (Å²) in [5, 5.41) is 12.0. The molecule has 0 unspecified atom stereocenters. The molecule has 6 heteroatoms. The van der Waals surface area contributed by atoms with E-state index in [0.29, 0.717) is 34.9 Å². The van der Waals surface area contributed by atoms with E-state index < -0.39 is 12.0 Å². The first kappa shape index (κ1) is 18.5. The number of rotatable bonds is 5. The first-order chi connectivity index (χ1) is 11.9. The van der Waals surface area contributed by atoms with Crippen molar-refractivity contribution in [3.05, 3.63) is 46.7 Å². The average Bonchev–Trinajstić information content (AvgIpc) is 2.60. The maximum absolute atomic E-state index is 12.6. The summed E-state index contributed by atoms with van der Waals surface area (Å²) >= 11 is 0. The molecule has 0 fully saturated rings. The maximum atomic E-state index is 12.6. The van der Waals surface area contributed by atoms with E-state index in [-0.39, 0.29) is 6.03 Å². The maximum Gasteiger partial charge on any atom is 0.337 e. The number of carbonyl (C=O) groups is 2. The van der Waals surface area contributed by atoms with E-state index in [1.165, 1.54) is 7.11 Å². The van der Waals surface area contributed by atoms with Crippen molar-refractivity contribution < 1.29 is 14.3 Å². The Morgan fingerprint density at radius 2 is 2.16 bits per heavy atom. The van der Waals surface area contributed by atoms with E-state index in [1.807, 2.05) is 0 Å². The highest BCUT2D eigenvalue weighted by molar-refractivity contribution is 5.95. The van der Waals surface area contributed by atoms with Gasteiger partial charge in [0.25, 0.3) is 0 Å². The van der Waals surface area contributed by atoms with Crippen LogP contribution in [-0.2, 0) is 9.53 Å². The number of carbonyl (C=O) groups excluding carboxylic acids is 2. The Bertz CT molecular complexity index is 747. The lowest BCUT2D eigenvalue weighted by Crippen LogP contribution is -2.48. The van der Waals surface area contributed by atoms with E-state index in [4.69, 9.17) is 10.00 Å². The zero-order valence-electron chi connectivity index (χ0n) is 15.0. The van der Waals surface area contributed by atoms with Crippen LogP contribution in [0.1, 0.15) is 44.4 Å². The first-order valence-corrected chi connectivity index (χ1v) is 8.26. The van der Waals surface area contributed by atoms with Crippen LogP contribution in [0.3, 0.4) is 0 Å². The van der Waals surface area contributed by atoms with Crippen molar-refractivity contribution in [1.82, 2.24) is 10.2 Å². The minimum Gasteiger partial charge on any atom is -0.466 e. The van der Waals surface area contributed by atoms with Crippen LogP contribution in [0.5, 0.6) is 0 Å². The molecule has 0 radical (unpaired) electrons. The fourth-order valence-corrected chi connectivity index (χ4v) is 2.85. The quantitative estimate of drug-likeness (QED) is 0.834. The van der Waals surface area contributed by atoms with Gasteiger partial charge in [-0.3, -0.25) is 4.90 Å². The van der Waals surface area contributed by atoms with Gasteiger partial charge in [-0.05, 0) is 37.0 Å². The lowest BCUT2D eigenvalue weighted by molar-refractivity contribution is -0.136. The second kappa shape index (κ2) is 7.84. The molecule has 2 amide bonds. The predicted molar refractivity (Wildman–Crippen MR) is 93.3 cm³/mol. The Hall–Kier alpha value is -2.81. The van der Waals surface area contributed by atoms with Crippen LogP contribution < -0.4 is 5.32 Å². The van der Waals surface area contributed by atoms with E-state index in [2.05, 4.69) is 25.2 Å². The lowest BCUT2D eigenvalue weighted by atomic mass is 9.93. The zero-order chi connectivity index (χ0) is 18.6. The normalized spacial score (nSPS) is 17.4. The smallest absolute Gasteiger partial charge is 0.337 e. The number of hydrogen-bond acceptors (Lipinski definition) is 4. The number of urea groups is 1. The fourth-order valence-electron chi connectivity index (χ4n) is 2.85. The summed E-state index contributed by atoms with van der Waals surface area (Å²) in [6.45, 7) is 6.45. The molecule has 1 heterocycles. The summed E-state index contributed by atoms with van der Waals surface area (Å²) in [6, 6.07) is 8.05. The number of benzene rings is 1. The van der Waals surface area contributed by atoms with Gasteiger partial charge in [0.1, 0.15) is 0 Å². The SMILES string of the molecule is COC(=O)C1=C(C)N(CCC(C)C)C(=O)N[C@H]1c1cccc(C#N)c1. The van der Waals surface area contributed by atoms with Crippen molar-refractivity contribution >= 4 is 12.0 Å². The van der Waals surface area contributed by atoms with Crippen LogP contribution in [0.4, 0.5) is 4.79 Å². The molecule has 0 saturated heterocycles. The highest BCUT2D eigenvalue weighted by Gasteiger charge is 2.36. The molecule has 1 N–H and O–H groups in total. The van der Waals surface area contributed by atoms with Gasteiger partial charge < -0.3 is 10.1 Å². The molecule has 2 rings (SSSR count). The summed E-state index contributed by atoms with van der Waals surface area (Å²) in [5.41, 5.74) is 2.12. The molecule has 1 atom stereocenters. The van der Waals surface area contributed by atoms with Crippen molar-refractivity contribution in [2.24, 2.45) is 5.92 Å². The molecule has 1 aliphatic heterocycles. The van der Waals surface area contributed by atoms with Gasteiger partial charge in [0.05, 0.1) is 30.4 Å². The number of esters is 1. The Balaban J connectivity index is 2.48. The van der Waals surface area contributed by atoms with Crippen molar-refractivity contribution in [1.29, 1.82) is 5.26 Å². The second-order valence-corrected chi connectivity index (χ2v) is 6.44. The van der Waals surface area contributed by atoms with Gasteiger partial charge in [0, 0.05) is 12.2 Å². The van der Waals surface area contributed by atoms with Crippen molar-refractivity contribution in [2.75, 3.05) is 13.7 Å². The van der Waals surface area contributed by atoms with Crippen LogP contribution in [0.2, 0.25) is 0 Å². The summed E-state index contributed by atoms with van der Waals surface area (Å²) < 4.78 is 4.94. The third kappa shape index (κ3) is 4.00. The van der Waals surface area contributed by atoms with Crippen LogP contribution in [0.15, 0.2) is 35.5 Å². The average molecular weight is 341 g/mol. The number of amides is 2. The number of nitriles is 1. The van der Waals surface area contributed by atoms with E-state index in [1.54, 1.807) is 36.1 Å². The Morgan fingerprint density at radius 1 is 1.44 bits per heavy atom. The molecule has 1 aliphatic rings. The molecule has 0 bridgehead atoms. The van der Waals surface area contributed by atoms with Gasteiger partial charge in [-0.25, -0.2) is 9.59 Å². The molecule has 6 nitrogen and oxygen atoms in total. The van der Waals surface area contributed by atoms with Crippen molar-refractivity contribution in [3.63, 3.8) is 0 Å². The molecule has 132 valence electrons. The van der Waals surface area contributed by atoms with Gasteiger partial charge in [0.15, 0.2) is 0 Å². The standard InChI is InChI=1S/C19H23N3O3/c1-12(2)8-9-22-13(3)16(18(23)25-4)17(21-19(22)24)15-7-5-6-14(10-15)11-20/h5-7,10,12,17H,8-9H2,1-4H3,(H,21,24)/t17-/m0/s1.